The van der Waals surface area contributed by atoms with Crippen LogP contribution in [0.2, 0.25) is 0 Å². The van der Waals surface area contributed by atoms with Crippen molar-refractivity contribution in [1.29, 1.82) is 0 Å². The second kappa shape index (κ2) is 4.98. The smallest absolute Gasteiger partial charge is 0.157 e. The van der Waals surface area contributed by atoms with Gasteiger partial charge in [0.05, 0.1) is 0 Å². The van der Waals surface area contributed by atoms with Crippen LogP contribution in [0.3, 0.4) is 0 Å². The van der Waals surface area contributed by atoms with Gasteiger partial charge < -0.3 is 10.5 Å². The summed E-state index contributed by atoms with van der Waals surface area (Å²) in [5, 5.41) is 0. The Hall–Kier alpha value is -1.77. The average Bonchev–Trinajstić information content (AvgIpc) is 2.17. The first-order chi connectivity index (χ1) is 6.38. The summed E-state index contributed by atoms with van der Waals surface area (Å²) < 4.78 is 5.16. The number of carbonyl (C=O) groups excluding carboxylic acids is 1. The SMILES string of the molecule is N/C=C\c1ccccc1OCC=O. The van der Waals surface area contributed by atoms with Crippen molar-refractivity contribution in [2.75, 3.05) is 6.61 Å². The summed E-state index contributed by atoms with van der Waals surface area (Å²) in [6.45, 7) is 0.0649. The van der Waals surface area contributed by atoms with Gasteiger partial charge >= 0.3 is 0 Å². The van der Waals surface area contributed by atoms with E-state index >= 15 is 0 Å². The highest BCUT2D eigenvalue weighted by Crippen LogP contribution is 2.18. The number of ether oxygens (including phenoxy) is 1. The zero-order chi connectivity index (χ0) is 9.52. The van der Waals surface area contributed by atoms with Crippen LogP contribution in [0.4, 0.5) is 0 Å². The monoisotopic (exact) mass is 177 g/mol. The van der Waals surface area contributed by atoms with E-state index in [1.54, 1.807) is 12.1 Å². The third-order valence-corrected chi connectivity index (χ3v) is 1.50. The second-order valence-electron chi connectivity index (χ2n) is 2.37. The Balaban J connectivity index is 2.83. The fourth-order valence-electron chi connectivity index (χ4n) is 0.977. The minimum atomic E-state index is 0.0649. The Bertz CT molecular complexity index is 308. The molecule has 0 saturated carbocycles. The number of aldehydes is 1. The van der Waals surface area contributed by atoms with Crippen LogP contribution in [-0.4, -0.2) is 12.9 Å². The van der Waals surface area contributed by atoms with E-state index in [-0.39, 0.29) is 6.61 Å². The zero-order valence-electron chi connectivity index (χ0n) is 7.14. The predicted octanol–water partition coefficient (Wildman–Crippen LogP) is 1.19. The molecule has 68 valence electrons. The van der Waals surface area contributed by atoms with Gasteiger partial charge in [-0.05, 0) is 18.3 Å². The van der Waals surface area contributed by atoms with Crippen LogP contribution in [0.15, 0.2) is 30.5 Å². The van der Waals surface area contributed by atoms with E-state index in [9.17, 15) is 4.79 Å². The van der Waals surface area contributed by atoms with Crippen molar-refractivity contribution >= 4 is 12.4 Å². The molecule has 0 radical (unpaired) electrons. The first kappa shape index (κ1) is 9.32. The number of para-hydroxylation sites is 1. The molecule has 0 saturated heterocycles. The average molecular weight is 177 g/mol. The normalized spacial score (nSPS) is 10.2. The van der Waals surface area contributed by atoms with Gasteiger partial charge in [-0.25, -0.2) is 0 Å². The molecule has 2 N–H and O–H groups in total. The summed E-state index contributed by atoms with van der Waals surface area (Å²) in [6, 6.07) is 7.37. The number of benzene rings is 1. The fraction of sp³-hybridized carbons (Fsp3) is 0.100. The number of nitrogens with two attached hydrogens (primary N) is 1. The van der Waals surface area contributed by atoms with Gasteiger partial charge in [0.2, 0.25) is 0 Å². The van der Waals surface area contributed by atoms with Crippen LogP contribution in [-0.2, 0) is 4.79 Å². The number of hydrogen-bond donors (Lipinski definition) is 1. The van der Waals surface area contributed by atoms with Gasteiger partial charge in [0.25, 0.3) is 0 Å². The van der Waals surface area contributed by atoms with Crippen molar-refractivity contribution in [3.05, 3.63) is 36.0 Å². The predicted molar refractivity (Wildman–Crippen MR) is 51.2 cm³/mol. The molecule has 0 spiro atoms. The molecule has 0 atom stereocenters. The largest absolute Gasteiger partial charge is 0.486 e. The second-order valence-corrected chi connectivity index (χ2v) is 2.37. The molecule has 0 aliphatic carbocycles. The molecular formula is C10H11NO2. The third kappa shape index (κ3) is 2.63. The fourth-order valence-corrected chi connectivity index (χ4v) is 0.977. The number of rotatable bonds is 4. The van der Waals surface area contributed by atoms with Gasteiger partial charge in [-0.3, -0.25) is 4.79 Å². The lowest BCUT2D eigenvalue weighted by Crippen LogP contribution is -1.98. The van der Waals surface area contributed by atoms with Gasteiger partial charge in [-0.15, -0.1) is 0 Å². The lowest BCUT2D eigenvalue weighted by Gasteiger charge is -2.04. The van der Waals surface area contributed by atoms with E-state index in [4.69, 9.17) is 10.5 Å². The van der Waals surface area contributed by atoms with Crippen LogP contribution >= 0.6 is 0 Å². The highest BCUT2D eigenvalue weighted by Gasteiger charge is 1.97. The van der Waals surface area contributed by atoms with Crippen molar-refractivity contribution in [2.24, 2.45) is 5.73 Å². The summed E-state index contributed by atoms with van der Waals surface area (Å²) in [6.07, 6.45) is 3.87. The van der Waals surface area contributed by atoms with Crippen molar-refractivity contribution in [3.8, 4) is 5.75 Å². The Kier molecular flexibility index (Phi) is 3.57. The molecule has 1 aromatic rings. The van der Waals surface area contributed by atoms with Crippen LogP contribution in [0.5, 0.6) is 5.75 Å². The summed E-state index contributed by atoms with van der Waals surface area (Å²) in [5.41, 5.74) is 6.12. The summed E-state index contributed by atoms with van der Waals surface area (Å²) in [7, 11) is 0. The van der Waals surface area contributed by atoms with Crippen molar-refractivity contribution < 1.29 is 9.53 Å². The Morgan fingerprint density at radius 2 is 2.15 bits per heavy atom. The molecule has 3 nitrogen and oxygen atoms in total. The van der Waals surface area contributed by atoms with E-state index in [1.165, 1.54) is 6.20 Å². The van der Waals surface area contributed by atoms with Gasteiger partial charge in [-0.1, -0.05) is 18.2 Å². The molecule has 3 heteroatoms. The quantitative estimate of drug-likeness (QED) is 0.703. The zero-order valence-corrected chi connectivity index (χ0v) is 7.14. The standard InChI is InChI=1S/C10H11NO2/c11-6-5-9-3-1-2-4-10(9)13-8-7-12/h1-7H,8,11H2/b6-5-. The number of hydrogen-bond acceptors (Lipinski definition) is 3. The minimum absolute atomic E-state index is 0.0649. The van der Waals surface area contributed by atoms with E-state index in [0.29, 0.717) is 12.0 Å². The van der Waals surface area contributed by atoms with Crippen molar-refractivity contribution in [3.63, 3.8) is 0 Å². The highest BCUT2D eigenvalue weighted by atomic mass is 16.5. The molecule has 0 bridgehead atoms. The molecule has 0 heterocycles. The van der Waals surface area contributed by atoms with Crippen LogP contribution in [0.1, 0.15) is 5.56 Å². The highest BCUT2D eigenvalue weighted by molar-refractivity contribution is 5.58. The molecule has 0 fully saturated rings. The molecule has 0 amide bonds. The molecule has 0 aliphatic rings. The maximum Gasteiger partial charge on any atom is 0.157 e. The van der Waals surface area contributed by atoms with E-state index < -0.39 is 0 Å². The van der Waals surface area contributed by atoms with E-state index in [2.05, 4.69) is 0 Å². The van der Waals surface area contributed by atoms with Gasteiger partial charge in [0.15, 0.2) is 6.29 Å². The molecule has 1 rings (SSSR count). The summed E-state index contributed by atoms with van der Waals surface area (Å²) in [5.74, 6) is 0.663. The molecule has 1 aromatic carbocycles. The lowest BCUT2D eigenvalue weighted by atomic mass is 10.2. The minimum Gasteiger partial charge on any atom is -0.486 e. The van der Waals surface area contributed by atoms with Gasteiger partial charge in [0.1, 0.15) is 12.4 Å². The molecule has 13 heavy (non-hydrogen) atoms. The first-order valence-electron chi connectivity index (χ1n) is 3.92. The van der Waals surface area contributed by atoms with Crippen molar-refractivity contribution in [1.82, 2.24) is 0 Å². The summed E-state index contributed by atoms with van der Waals surface area (Å²) in [4.78, 5) is 10.1. The van der Waals surface area contributed by atoms with E-state index in [0.717, 1.165) is 5.56 Å². The van der Waals surface area contributed by atoms with Crippen molar-refractivity contribution in [2.45, 2.75) is 0 Å². The van der Waals surface area contributed by atoms with Crippen LogP contribution < -0.4 is 10.5 Å². The topological polar surface area (TPSA) is 52.3 Å². The third-order valence-electron chi connectivity index (χ3n) is 1.50. The van der Waals surface area contributed by atoms with E-state index in [1.807, 2.05) is 18.2 Å². The maximum atomic E-state index is 10.1. The molecule has 0 unspecified atom stereocenters. The summed E-state index contributed by atoms with van der Waals surface area (Å²) >= 11 is 0. The Morgan fingerprint density at radius 3 is 2.85 bits per heavy atom. The van der Waals surface area contributed by atoms with Gasteiger partial charge in [-0.2, -0.15) is 0 Å². The molecular weight excluding hydrogens is 166 g/mol. The molecule has 0 aromatic heterocycles. The van der Waals surface area contributed by atoms with Crippen LogP contribution in [0, 0.1) is 0 Å². The number of carbonyl (C=O) groups is 1. The first-order valence-corrected chi connectivity index (χ1v) is 3.92. The molecule has 0 aliphatic heterocycles. The van der Waals surface area contributed by atoms with Crippen LogP contribution in [0.25, 0.3) is 6.08 Å². The van der Waals surface area contributed by atoms with Gasteiger partial charge in [0, 0.05) is 5.56 Å². The maximum absolute atomic E-state index is 10.1. The Labute approximate surface area is 76.8 Å². The lowest BCUT2D eigenvalue weighted by molar-refractivity contribution is -0.109. The Morgan fingerprint density at radius 1 is 1.38 bits per heavy atom.